The van der Waals surface area contributed by atoms with E-state index in [1.807, 2.05) is 0 Å². The first-order valence-corrected chi connectivity index (χ1v) is 15.3. The normalized spacial score (nSPS) is 16.2. The fourth-order valence-electron chi connectivity index (χ4n) is 5.01. The van der Waals surface area contributed by atoms with Gasteiger partial charge in [-0.1, -0.05) is 9.97 Å². The minimum atomic E-state index is -1.56. The Labute approximate surface area is 302 Å². The van der Waals surface area contributed by atoms with Crippen molar-refractivity contribution in [3.63, 3.8) is 0 Å². The van der Waals surface area contributed by atoms with Gasteiger partial charge in [-0.05, 0) is 68.4 Å². The average Bonchev–Trinajstić information content (AvgIpc) is 3.91. The summed E-state index contributed by atoms with van der Waals surface area (Å²) >= 11 is 8.80. The molecule has 2 N–H and O–H groups in total. The maximum atomic E-state index is 13.3. The average molecular weight is 797 g/mol. The number of aliphatic hydroxyl groups is 1. The quantitative estimate of drug-likeness (QED) is 0.0794. The van der Waals surface area contributed by atoms with E-state index in [4.69, 9.17) is 9.90 Å². The van der Waals surface area contributed by atoms with Crippen LogP contribution in [0.25, 0.3) is 0 Å². The zero-order valence-electron chi connectivity index (χ0n) is 26.5. The lowest BCUT2D eigenvalue weighted by Gasteiger charge is -2.16. The van der Waals surface area contributed by atoms with Gasteiger partial charge in [-0.3, -0.25) is 14.4 Å². The number of likely N-dealkylation sites (tertiary alicyclic amines) is 2. The molecule has 0 aliphatic carbocycles. The lowest BCUT2D eigenvalue weighted by atomic mass is 9.98. The molecule has 16 nitrogen and oxygen atoms in total. The van der Waals surface area contributed by atoms with Crippen LogP contribution >= 0.6 is 23.2 Å². The summed E-state index contributed by atoms with van der Waals surface area (Å²) in [7, 11) is 0. The first kappa shape index (κ1) is 41.8. The van der Waals surface area contributed by atoms with Crippen LogP contribution in [0, 0.1) is 55.1 Å². The molecule has 4 aromatic rings. The van der Waals surface area contributed by atoms with Crippen LogP contribution in [-0.2, 0) is 16.3 Å². The zero-order chi connectivity index (χ0) is 39.6. The molecular weight excluding hydrogens is 773 g/mol. The van der Waals surface area contributed by atoms with Crippen LogP contribution in [0.5, 0.6) is 0 Å². The summed E-state index contributed by atoms with van der Waals surface area (Å²) in [4.78, 5) is 63.5. The van der Waals surface area contributed by atoms with Crippen LogP contribution in [0.1, 0.15) is 35.8 Å². The summed E-state index contributed by atoms with van der Waals surface area (Å²) in [6, 6.07) is 3.49. The number of carbonyl (C=O) groups is 3. The molecule has 2 unspecified atom stereocenters. The number of imidazole rings is 2. The number of aliphatic hydroxyl groups excluding tert-OH is 1. The number of hydrogen-bond acceptors (Lipinski definition) is 10. The van der Waals surface area contributed by atoms with Crippen molar-refractivity contribution >= 4 is 51.6 Å². The van der Waals surface area contributed by atoms with Crippen LogP contribution in [0.3, 0.4) is 0 Å². The van der Waals surface area contributed by atoms with Crippen LogP contribution in [0.4, 0.5) is 43.0 Å². The van der Waals surface area contributed by atoms with Crippen molar-refractivity contribution in [1.29, 1.82) is 0 Å². The van der Waals surface area contributed by atoms with Crippen molar-refractivity contribution in [1.82, 2.24) is 29.3 Å². The van der Waals surface area contributed by atoms with E-state index >= 15 is 0 Å². The van der Waals surface area contributed by atoms with E-state index in [-0.39, 0.29) is 61.5 Å². The number of nitro groups is 2. The number of amides is 2. The molecule has 0 spiro atoms. The second-order valence-corrected chi connectivity index (χ2v) is 11.6. The predicted molar refractivity (Wildman–Crippen MR) is 169 cm³/mol. The number of aromatic nitrogens is 4. The van der Waals surface area contributed by atoms with Gasteiger partial charge in [-0.2, -0.15) is 0 Å². The van der Waals surface area contributed by atoms with Crippen molar-refractivity contribution in [3.05, 3.63) is 115 Å². The summed E-state index contributed by atoms with van der Waals surface area (Å²) in [5, 5.41) is 29.5. The zero-order valence-corrected chi connectivity index (χ0v) is 28.0. The summed E-state index contributed by atoms with van der Waals surface area (Å²) in [6.07, 6.45) is 5.37. The Kier molecular flexibility index (Phi) is 14.8. The van der Waals surface area contributed by atoms with E-state index in [0.29, 0.717) is 0 Å². The Morgan fingerprint density at radius 2 is 1.26 bits per heavy atom. The van der Waals surface area contributed by atoms with E-state index < -0.39 is 74.0 Å². The van der Waals surface area contributed by atoms with Crippen LogP contribution < -0.4 is 0 Å². The van der Waals surface area contributed by atoms with Crippen molar-refractivity contribution < 1.29 is 55.7 Å². The van der Waals surface area contributed by atoms with Gasteiger partial charge in [-0.25, -0.2) is 35.9 Å². The van der Waals surface area contributed by atoms with E-state index in [1.165, 1.54) is 39.2 Å². The van der Waals surface area contributed by atoms with Crippen molar-refractivity contribution in [2.24, 2.45) is 0 Å². The molecular formula is C29H24Cl2F6N8O8. The maximum Gasteiger partial charge on any atom is 0.436 e. The lowest BCUT2D eigenvalue weighted by Crippen LogP contribution is -2.28. The third kappa shape index (κ3) is 11.4. The summed E-state index contributed by atoms with van der Waals surface area (Å²) in [5.74, 6) is -10.4. The number of rotatable bonds is 7. The van der Waals surface area contributed by atoms with Gasteiger partial charge in [-0.15, -0.1) is 0 Å². The molecule has 2 atom stereocenters. The van der Waals surface area contributed by atoms with Gasteiger partial charge in [0.15, 0.2) is 34.9 Å². The number of halogens is 8. The minimum absolute atomic E-state index is 0.0208. The van der Waals surface area contributed by atoms with Crippen LogP contribution in [0.2, 0.25) is 0 Å². The third-order valence-electron chi connectivity index (χ3n) is 7.39. The molecule has 2 saturated heterocycles. The van der Waals surface area contributed by atoms with Crippen LogP contribution in [0.15, 0.2) is 49.1 Å². The largest absolute Gasteiger partial charge is 0.436 e. The summed E-state index contributed by atoms with van der Waals surface area (Å²) in [6.45, 7) is -0.238. The molecule has 2 fully saturated rings. The second-order valence-electron chi connectivity index (χ2n) is 10.8. The monoisotopic (exact) mass is 796 g/mol. The fourth-order valence-corrected chi connectivity index (χ4v) is 5.01. The molecule has 2 aliphatic rings. The predicted octanol–water partition coefficient (Wildman–Crippen LogP) is 5.45. The van der Waals surface area contributed by atoms with Crippen molar-refractivity contribution in [2.45, 2.75) is 31.3 Å². The SMILES string of the molecule is O=C(Cl)Cl.O=C1CC(c2cc(F)c(F)c(F)c2)CN1CO.O=C1CC(c2cc(F)c(F)c(F)c2)CN1Cn1ccnc1[N+](=O)[O-].O=[N+]([O-])c1ncc[nH]1. The molecule has 53 heavy (non-hydrogen) atoms. The molecule has 2 aromatic heterocycles. The Morgan fingerprint density at radius 1 is 0.811 bits per heavy atom. The van der Waals surface area contributed by atoms with Gasteiger partial charge in [0.05, 0.1) is 6.20 Å². The topological polar surface area (TPSA) is 211 Å². The number of aromatic amines is 1. The highest BCUT2D eigenvalue weighted by Crippen LogP contribution is 2.31. The molecule has 0 bridgehead atoms. The highest BCUT2D eigenvalue weighted by molar-refractivity contribution is 6.93. The van der Waals surface area contributed by atoms with Crippen molar-refractivity contribution in [2.75, 3.05) is 19.8 Å². The Balaban J connectivity index is 0.000000225. The standard InChI is InChI=1S/C14H11F3N4O3.C11H10F3NO2.C3H3N3O2.CCl2O/c15-10-3-8(4-11(16)13(10)17)9-5-12(22)20(6-9)7-19-2-1-18-14(19)21(23)24;12-8-1-6(2-9(13)11(8)14)7-3-10(17)15(4-7)5-16;7-6(8)3-4-1-2-5-3;2-1(3)4/h1-4,9H,5-7H2;1-2,7,16H,3-5H2;1-2H,(H,4,5);. The molecule has 6 rings (SSSR count). The van der Waals surface area contributed by atoms with E-state index in [9.17, 15) is 56.2 Å². The van der Waals surface area contributed by atoms with Gasteiger partial charge in [0, 0.05) is 37.8 Å². The molecule has 0 radical (unpaired) electrons. The minimum Gasteiger partial charge on any atom is -0.390 e. The van der Waals surface area contributed by atoms with Crippen molar-refractivity contribution in [3.8, 4) is 0 Å². The fraction of sp³-hybridized carbons (Fsp3) is 0.276. The number of nitrogens with zero attached hydrogens (tertiary/aromatic N) is 7. The number of nitrogens with one attached hydrogen (secondary N) is 1. The lowest BCUT2D eigenvalue weighted by molar-refractivity contribution is -0.397. The van der Waals surface area contributed by atoms with Gasteiger partial charge < -0.3 is 35.1 Å². The van der Waals surface area contributed by atoms with Gasteiger partial charge in [0.1, 0.15) is 32.0 Å². The smallest absolute Gasteiger partial charge is 0.390 e. The summed E-state index contributed by atoms with van der Waals surface area (Å²) in [5.41, 5.74) is 0.396. The molecule has 24 heteroatoms. The number of benzene rings is 2. The molecule has 4 heterocycles. The first-order valence-electron chi connectivity index (χ1n) is 14.5. The second kappa shape index (κ2) is 18.8. The van der Waals surface area contributed by atoms with E-state index in [2.05, 4.69) is 38.2 Å². The Morgan fingerprint density at radius 3 is 1.62 bits per heavy atom. The Bertz CT molecular complexity index is 1920. The van der Waals surface area contributed by atoms with E-state index in [0.717, 1.165) is 24.3 Å². The molecule has 2 aliphatic heterocycles. The van der Waals surface area contributed by atoms with Gasteiger partial charge >= 0.3 is 16.6 Å². The van der Waals surface area contributed by atoms with Crippen LogP contribution in [-0.4, -0.2) is 80.6 Å². The number of carbonyl (C=O) groups excluding carboxylic acids is 3. The molecule has 2 aromatic carbocycles. The molecule has 2 amide bonds. The highest BCUT2D eigenvalue weighted by Gasteiger charge is 2.34. The molecule has 0 saturated carbocycles. The third-order valence-corrected chi connectivity index (χ3v) is 7.39. The van der Waals surface area contributed by atoms with Gasteiger partial charge in [0.25, 0.3) is 0 Å². The number of H-pyrrole nitrogens is 1. The Hall–Kier alpha value is -5.61. The molecule has 284 valence electrons. The maximum absolute atomic E-state index is 13.3. The summed E-state index contributed by atoms with van der Waals surface area (Å²) < 4.78 is 78.8. The van der Waals surface area contributed by atoms with E-state index in [1.54, 1.807) is 0 Å². The van der Waals surface area contributed by atoms with Gasteiger partial charge in [0.2, 0.25) is 11.8 Å². The highest BCUT2D eigenvalue weighted by atomic mass is 35.5. The first-order chi connectivity index (χ1) is 24.9. The number of hydrogen-bond donors (Lipinski definition) is 2.